The van der Waals surface area contributed by atoms with Gasteiger partial charge in [0.05, 0.1) is 19.7 Å². The number of piperidine rings is 1. The van der Waals surface area contributed by atoms with Crippen LogP contribution in [0.5, 0.6) is 0 Å². The zero-order chi connectivity index (χ0) is 5.82. The molecule has 1 saturated heterocycles. The second-order valence-electron chi connectivity index (χ2n) is 2.50. The van der Waals surface area contributed by atoms with E-state index in [4.69, 9.17) is 5.11 Å². The Bertz CT molecular complexity index is 59.5. The molecule has 0 aliphatic carbocycles. The summed E-state index contributed by atoms with van der Waals surface area (Å²) in [5.74, 6) is 0.587. The molecule has 0 spiro atoms. The van der Waals surface area contributed by atoms with E-state index in [0.29, 0.717) is 12.5 Å². The Balaban J connectivity index is 2.13. The van der Waals surface area contributed by atoms with Crippen molar-refractivity contribution in [3.05, 3.63) is 0 Å². The molecule has 0 aromatic carbocycles. The van der Waals surface area contributed by atoms with Crippen LogP contribution in [0.25, 0.3) is 0 Å². The summed E-state index contributed by atoms with van der Waals surface area (Å²) in [6.45, 7) is 2.78. The summed E-state index contributed by atoms with van der Waals surface area (Å²) in [4.78, 5) is 0. The average Bonchev–Trinajstić information content (AvgIpc) is 1.90. The highest BCUT2D eigenvalue weighted by atomic mass is 16.3. The van der Waals surface area contributed by atoms with Crippen molar-refractivity contribution in [2.24, 2.45) is 5.92 Å². The minimum Gasteiger partial charge on any atom is -0.396 e. The molecular weight excluding hydrogens is 102 g/mol. The molecule has 0 amide bonds. The number of quaternary nitrogens is 1. The third-order valence-corrected chi connectivity index (χ3v) is 1.78. The maximum absolute atomic E-state index is 8.67. The van der Waals surface area contributed by atoms with Crippen LogP contribution >= 0.6 is 0 Å². The molecule has 1 aliphatic heterocycles. The van der Waals surface area contributed by atoms with Gasteiger partial charge in [0, 0.05) is 5.92 Å². The lowest BCUT2D eigenvalue weighted by molar-refractivity contribution is -0.669. The molecule has 1 atom stereocenters. The third kappa shape index (κ3) is 1.46. The Hall–Kier alpha value is -0.0800. The number of rotatable bonds is 1. The maximum atomic E-state index is 8.67. The standard InChI is InChI=1S/C6H13NO/c8-5-6-2-1-3-7-4-6/h6-8H,1-5H2/p+1/t6-/m0/s1. The molecule has 3 N–H and O–H groups in total. The van der Waals surface area contributed by atoms with Crippen molar-refractivity contribution in [3.63, 3.8) is 0 Å². The predicted molar refractivity (Wildman–Crippen MR) is 31.5 cm³/mol. The first-order chi connectivity index (χ1) is 3.93. The van der Waals surface area contributed by atoms with E-state index in [2.05, 4.69) is 5.32 Å². The molecule has 0 saturated carbocycles. The lowest BCUT2D eigenvalue weighted by Crippen LogP contribution is -2.87. The summed E-state index contributed by atoms with van der Waals surface area (Å²) in [6, 6.07) is 0. The zero-order valence-corrected chi connectivity index (χ0v) is 5.14. The largest absolute Gasteiger partial charge is 0.396 e. The molecule has 0 unspecified atom stereocenters. The van der Waals surface area contributed by atoms with E-state index in [1.165, 1.54) is 19.4 Å². The van der Waals surface area contributed by atoms with Gasteiger partial charge in [0.15, 0.2) is 0 Å². The molecule has 0 aromatic rings. The van der Waals surface area contributed by atoms with E-state index in [1.807, 2.05) is 0 Å². The minimum absolute atomic E-state index is 0.385. The van der Waals surface area contributed by atoms with Gasteiger partial charge in [0.2, 0.25) is 0 Å². The van der Waals surface area contributed by atoms with Gasteiger partial charge in [0.25, 0.3) is 0 Å². The molecule has 0 aromatic heterocycles. The minimum atomic E-state index is 0.385. The van der Waals surface area contributed by atoms with Gasteiger partial charge in [-0.25, -0.2) is 0 Å². The number of aliphatic hydroxyl groups excluding tert-OH is 1. The van der Waals surface area contributed by atoms with Crippen molar-refractivity contribution in [2.45, 2.75) is 12.8 Å². The Morgan fingerprint density at radius 1 is 1.62 bits per heavy atom. The number of nitrogens with two attached hydrogens (primary N) is 1. The maximum Gasteiger partial charge on any atom is 0.0806 e. The van der Waals surface area contributed by atoms with Crippen LogP contribution < -0.4 is 5.32 Å². The third-order valence-electron chi connectivity index (χ3n) is 1.78. The molecular formula is C6H14NO+. The predicted octanol–water partition coefficient (Wildman–Crippen LogP) is -1.05. The lowest BCUT2D eigenvalue weighted by Gasteiger charge is -2.16. The van der Waals surface area contributed by atoms with Crippen LogP contribution in [0.4, 0.5) is 0 Å². The fraction of sp³-hybridized carbons (Fsp3) is 1.00. The van der Waals surface area contributed by atoms with Gasteiger partial charge in [-0.15, -0.1) is 0 Å². The van der Waals surface area contributed by atoms with E-state index in [9.17, 15) is 0 Å². The molecule has 1 rings (SSSR count). The first-order valence-electron chi connectivity index (χ1n) is 3.36. The van der Waals surface area contributed by atoms with Gasteiger partial charge in [-0.05, 0) is 12.8 Å². The van der Waals surface area contributed by atoms with Crippen molar-refractivity contribution in [3.8, 4) is 0 Å². The quantitative estimate of drug-likeness (QED) is 0.451. The highest BCUT2D eigenvalue weighted by Gasteiger charge is 2.13. The molecule has 1 heterocycles. The summed E-state index contributed by atoms with van der Waals surface area (Å²) >= 11 is 0. The molecule has 0 bridgehead atoms. The molecule has 2 nitrogen and oxygen atoms in total. The Kier molecular flexibility index (Phi) is 2.30. The smallest absolute Gasteiger partial charge is 0.0806 e. The lowest BCUT2D eigenvalue weighted by atomic mass is 10.0. The topological polar surface area (TPSA) is 36.8 Å². The van der Waals surface area contributed by atoms with Crippen LogP contribution in [0.3, 0.4) is 0 Å². The van der Waals surface area contributed by atoms with Gasteiger partial charge in [-0.1, -0.05) is 0 Å². The summed E-state index contributed by atoms with van der Waals surface area (Å²) in [5, 5.41) is 11.0. The zero-order valence-electron chi connectivity index (χ0n) is 5.14. The van der Waals surface area contributed by atoms with Gasteiger partial charge in [-0.3, -0.25) is 0 Å². The molecule has 48 valence electrons. The Labute approximate surface area is 49.9 Å². The van der Waals surface area contributed by atoms with E-state index >= 15 is 0 Å². The molecule has 1 aliphatic rings. The van der Waals surface area contributed by atoms with Crippen LogP contribution in [0.1, 0.15) is 12.8 Å². The Morgan fingerprint density at radius 3 is 2.88 bits per heavy atom. The van der Waals surface area contributed by atoms with Crippen LogP contribution in [0.2, 0.25) is 0 Å². The highest BCUT2D eigenvalue weighted by molar-refractivity contribution is 4.57. The normalized spacial score (nSPS) is 30.4. The highest BCUT2D eigenvalue weighted by Crippen LogP contribution is 2.03. The van der Waals surface area contributed by atoms with E-state index in [1.54, 1.807) is 0 Å². The van der Waals surface area contributed by atoms with Crippen LogP contribution in [0.15, 0.2) is 0 Å². The Morgan fingerprint density at radius 2 is 2.50 bits per heavy atom. The molecule has 0 radical (unpaired) electrons. The van der Waals surface area contributed by atoms with E-state index < -0.39 is 0 Å². The van der Waals surface area contributed by atoms with Gasteiger partial charge < -0.3 is 10.4 Å². The van der Waals surface area contributed by atoms with Crippen LogP contribution in [-0.4, -0.2) is 24.8 Å². The monoisotopic (exact) mass is 116 g/mol. The average molecular weight is 116 g/mol. The second kappa shape index (κ2) is 3.05. The van der Waals surface area contributed by atoms with Crippen molar-refractivity contribution in [1.82, 2.24) is 0 Å². The first-order valence-corrected chi connectivity index (χ1v) is 3.36. The van der Waals surface area contributed by atoms with Crippen LogP contribution in [-0.2, 0) is 0 Å². The molecule has 8 heavy (non-hydrogen) atoms. The summed E-state index contributed by atoms with van der Waals surface area (Å²) in [7, 11) is 0. The number of hydrogen-bond acceptors (Lipinski definition) is 1. The SMILES string of the molecule is OC[C@H]1CCC[NH2+]C1. The molecule has 2 heteroatoms. The van der Waals surface area contributed by atoms with E-state index in [-0.39, 0.29) is 0 Å². The van der Waals surface area contributed by atoms with Crippen molar-refractivity contribution < 1.29 is 10.4 Å². The fourth-order valence-electron chi connectivity index (χ4n) is 1.19. The van der Waals surface area contributed by atoms with Gasteiger partial charge in [0.1, 0.15) is 0 Å². The fourth-order valence-corrected chi connectivity index (χ4v) is 1.19. The van der Waals surface area contributed by atoms with E-state index in [0.717, 1.165) is 6.54 Å². The number of hydrogen-bond donors (Lipinski definition) is 2. The first kappa shape index (κ1) is 6.05. The summed E-state index contributed by atoms with van der Waals surface area (Å²) in [6.07, 6.45) is 2.51. The second-order valence-corrected chi connectivity index (χ2v) is 2.50. The van der Waals surface area contributed by atoms with Crippen molar-refractivity contribution in [1.29, 1.82) is 0 Å². The van der Waals surface area contributed by atoms with Crippen molar-refractivity contribution in [2.75, 3.05) is 19.7 Å². The summed E-state index contributed by atoms with van der Waals surface area (Å²) in [5.41, 5.74) is 0. The number of aliphatic hydroxyl groups is 1. The van der Waals surface area contributed by atoms with Gasteiger partial charge in [-0.2, -0.15) is 0 Å². The summed E-state index contributed by atoms with van der Waals surface area (Å²) < 4.78 is 0. The van der Waals surface area contributed by atoms with Crippen molar-refractivity contribution >= 4 is 0 Å². The van der Waals surface area contributed by atoms with Gasteiger partial charge >= 0.3 is 0 Å². The molecule has 1 fully saturated rings. The van der Waals surface area contributed by atoms with Crippen LogP contribution in [0, 0.1) is 5.92 Å².